The molecule has 26 heavy (non-hydrogen) atoms. The van der Waals surface area contributed by atoms with Crippen LogP contribution in [0.15, 0.2) is 58.6 Å². The summed E-state index contributed by atoms with van der Waals surface area (Å²) in [7, 11) is 0. The summed E-state index contributed by atoms with van der Waals surface area (Å²) in [4.78, 5) is 29.4. The predicted molar refractivity (Wildman–Crippen MR) is 100 cm³/mol. The number of nitrogens with one attached hydrogen (secondary N) is 1. The first-order valence-corrected chi connectivity index (χ1v) is 8.26. The van der Waals surface area contributed by atoms with Crippen molar-refractivity contribution in [2.24, 2.45) is 5.10 Å². The number of fused-ring (bicyclic) bond motifs is 1. The maximum Gasteiger partial charge on any atom is 0.292 e. The van der Waals surface area contributed by atoms with Crippen molar-refractivity contribution in [3.63, 3.8) is 0 Å². The molecule has 1 amide bonds. The lowest BCUT2D eigenvalue weighted by atomic mass is 10.1. The molecule has 0 radical (unpaired) electrons. The van der Waals surface area contributed by atoms with Gasteiger partial charge in [-0.1, -0.05) is 24.3 Å². The van der Waals surface area contributed by atoms with E-state index in [1.165, 1.54) is 4.68 Å². The summed E-state index contributed by atoms with van der Waals surface area (Å²) in [6, 6.07) is 12.2. The van der Waals surface area contributed by atoms with Gasteiger partial charge in [0, 0.05) is 11.6 Å². The van der Waals surface area contributed by atoms with E-state index in [-0.39, 0.29) is 17.3 Å². The number of amides is 1. The molecule has 0 saturated carbocycles. The number of hydrogen-bond donors (Lipinski definition) is 1. The number of carbonyl (C=O) groups excluding carboxylic acids is 1. The summed E-state index contributed by atoms with van der Waals surface area (Å²) in [5, 5.41) is 9.31. The van der Waals surface area contributed by atoms with E-state index in [1.54, 1.807) is 49.5 Å². The fourth-order valence-corrected chi connectivity index (χ4v) is 2.55. The van der Waals surface area contributed by atoms with Gasteiger partial charge in [0.2, 0.25) is 0 Å². The maximum atomic E-state index is 12.7. The van der Waals surface area contributed by atoms with Gasteiger partial charge in [-0.15, -0.1) is 0 Å². The zero-order valence-electron chi connectivity index (χ0n) is 14.8. The smallest absolute Gasteiger partial charge is 0.267 e. The number of pyridine rings is 1. The van der Waals surface area contributed by atoms with E-state index < -0.39 is 5.91 Å². The normalized spacial score (nSPS) is 11.8. The van der Waals surface area contributed by atoms with Crippen LogP contribution in [0.3, 0.4) is 0 Å². The third-order valence-electron chi connectivity index (χ3n) is 3.89. The third kappa shape index (κ3) is 3.37. The molecule has 0 aliphatic carbocycles. The van der Waals surface area contributed by atoms with Crippen LogP contribution >= 0.6 is 0 Å². The van der Waals surface area contributed by atoms with Crippen molar-refractivity contribution in [3.05, 3.63) is 70.4 Å². The van der Waals surface area contributed by atoms with Gasteiger partial charge >= 0.3 is 0 Å². The highest BCUT2D eigenvalue weighted by molar-refractivity contribution is 6.05. The Hall–Kier alpha value is -3.35. The summed E-state index contributed by atoms with van der Waals surface area (Å²) in [5.41, 5.74) is 3.68. The molecule has 3 rings (SSSR count). The number of nitrogens with zero attached hydrogens (tertiary/aromatic N) is 4. The average molecular weight is 349 g/mol. The van der Waals surface area contributed by atoms with Crippen molar-refractivity contribution in [1.82, 2.24) is 20.2 Å². The van der Waals surface area contributed by atoms with Gasteiger partial charge in [-0.25, -0.2) is 10.1 Å². The standard InChI is InChI=1S/C19H19N5O2/c1-12(2)24-19(26)15-9-5-4-8-14(15)17(23-24)18(25)22-21-13(3)16-10-6-7-11-20-16/h4-12H,1-3H3,(H,22,25)/b21-13-. The van der Waals surface area contributed by atoms with Gasteiger partial charge in [0.05, 0.1) is 22.8 Å². The lowest BCUT2D eigenvalue weighted by Crippen LogP contribution is -2.30. The maximum absolute atomic E-state index is 12.7. The van der Waals surface area contributed by atoms with Crippen molar-refractivity contribution in [2.75, 3.05) is 0 Å². The van der Waals surface area contributed by atoms with Crippen molar-refractivity contribution >= 4 is 22.4 Å². The molecule has 0 aliphatic heterocycles. The Morgan fingerprint density at radius 3 is 2.46 bits per heavy atom. The molecule has 0 saturated heterocycles. The molecule has 2 aromatic heterocycles. The van der Waals surface area contributed by atoms with Gasteiger partial charge < -0.3 is 0 Å². The highest BCUT2D eigenvalue weighted by Crippen LogP contribution is 2.14. The third-order valence-corrected chi connectivity index (χ3v) is 3.89. The number of benzene rings is 1. The van der Waals surface area contributed by atoms with E-state index >= 15 is 0 Å². The first kappa shape index (κ1) is 17.5. The number of carbonyl (C=O) groups is 1. The van der Waals surface area contributed by atoms with Crippen LogP contribution in [0.5, 0.6) is 0 Å². The average Bonchev–Trinajstić information content (AvgIpc) is 2.66. The molecule has 0 unspecified atom stereocenters. The minimum Gasteiger partial charge on any atom is -0.267 e. The van der Waals surface area contributed by atoms with Crippen LogP contribution in [0.2, 0.25) is 0 Å². The molecule has 0 aliphatic rings. The topological polar surface area (TPSA) is 89.2 Å². The Bertz CT molecular complexity index is 1040. The Morgan fingerprint density at radius 1 is 1.12 bits per heavy atom. The zero-order chi connectivity index (χ0) is 18.7. The van der Waals surface area contributed by atoms with Crippen LogP contribution in [0, 0.1) is 0 Å². The van der Waals surface area contributed by atoms with E-state index in [9.17, 15) is 9.59 Å². The van der Waals surface area contributed by atoms with Crippen LogP contribution in [-0.4, -0.2) is 26.4 Å². The predicted octanol–water partition coefficient (Wildman–Crippen LogP) is 2.53. The van der Waals surface area contributed by atoms with E-state index in [4.69, 9.17) is 0 Å². The molecular weight excluding hydrogens is 330 g/mol. The molecule has 0 spiro atoms. The fraction of sp³-hybridized carbons (Fsp3) is 0.211. The minimum absolute atomic E-state index is 0.159. The Morgan fingerprint density at radius 2 is 1.81 bits per heavy atom. The number of rotatable bonds is 4. The second-order valence-electron chi connectivity index (χ2n) is 6.09. The molecule has 2 heterocycles. The highest BCUT2D eigenvalue weighted by atomic mass is 16.2. The summed E-state index contributed by atoms with van der Waals surface area (Å²) < 4.78 is 1.31. The van der Waals surface area contributed by atoms with Crippen LogP contribution in [0.1, 0.15) is 43.0 Å². The molecule has 7 heteroatoms. The Balaban J connectivity index is 2.01. The first-order valence-electron chi connectivity index (χ1n) is 8.26. The summed E-state index contributed by atoms with van der Waals surface area (Å²) in [5.74, 6) is -0.481. The summed E-state index contributed by atoms with van der Waals surface area (Å²) in [6.07, 6.45) is 1.66. The largest absolute Gasteiger partial charge is 0.292 e. The number of hydrogen-bond acceptors (Lipinski definition) is 5. The monoisotopic (exact) mass is 349 g/mol. The number of aromatic nitrogens is 3. The quantitative estimate of drug-likeness (QED) is 0.579. The second-order valence-corrected chi connectivity index (χ2v) is 6.09. The van der Waals surface area contributed by atoms with Crippen LogP contribution in [0.4, 0.5) is 0 Å². The molecule has 7 nitrogen and oxygen atoms in total. The van der Waals surface area contributed by atoms with Crippen molar-refractivity contribution < 1.29 is 4.79 Å². The second kappa shape index (κ2) is 7.26. The fourth-order valence-electron chi connectivity index (χ4n) is 2.55. The Labute approximate surface area is 150 Å². The van der Waals surface area contributed by atoms with Crippen LogP contribution in [-0.2, 0) is 0 Å². The molecule has 0 bridgehead atoms. The van der Waals surface area contributed by atoms with Crippen LogP contribution in [0.25, 0.3) is 10.8 Å². The molecule has 0 atom stereocenters. The van der Waals surface area contributed by atoms with Gasteiger partial charge in [-0.2, -0.15) is 10.2 Å². The van der Waals surface area contributed by atoms with Gasteiger partial charge in [0.25, 0.3) is 11.5 Å². The van der Waals surface area contributed by atoms with Crippen molar-refractivity contribution in [1.29, 1.82) is 0 Å². The van der Waals surface area contributed by atoms with Gasteiger partial charge in [-0.3, -0.25) is 14.6 Å². The van der Waals surface area contributed by atoms with Crippen LogP contribution < -0.4 is 11.0 Å². The molecule has 1 aromatic carbocycles. The Kier molecular flexibility index (Phi) is 4.88. The minimum atomic E-state index is -0.481. The van der Waals surface area contributed by atoms with Gasteiger partial charge in [0.1, 0.15) is 0 Å². The van der Waals surface area contributed by atoms with Gasteiger partial charge in [0.15, 0.2) is 5.69 Å². The van der Waals surface area contributed by atoms with Crippen molar-refractivity contribution in [2.45, 2.75) is 26.8 Å². The highest BCUT2D eigenvalue weighted by Gasteiger charge is 2.17. The zero-order valence-corrected chi connectivity index (χ0v) is 14.8. The summed E-state index contributed by atoms with van der Waals surface area (Å²) in [6.45, 7) is 5.44. The lowest BCUT2D eigenvalue weighted by Gasteiger charge is -2.12. The first-order chi connectivity index (χ1) is 12.5. The molecule has 1 N–H and O–H groups in total. The van der Waals surface area contributed by atoms with Gasteiger partial charge in [-0.05, 0) is 39.0 Å². The van der Waals surface area contributed by atoms with E-state index in [1.807, 2.05) is 19.9 Å². The van der Waals surface area contributed by atoms with E-state index in [0.29, 0.717) is 22.2 Å². The summed E-state index contributed by atoms with van der Waals surface area (Å²) >= 11 is 0. The molecule has 132 valence electrons. The van der Waals surface area contributed by atoms with E-state index in [2.05, 4.69) is 20.6 Å². The molecule has 3 aromatic rings. The molecule has 0 fully saturated rings. The van der Waals surface area contributed by atoms with Crippen molar-refractivity contribution in [3.8, 4) is 0 Å². The van der Waals surface area contributed by atoms with E-state index in [0.717, 1.165) is 0 Å². The number of hydrazone groups is 1. The lowest BCUT2D eigenvalue weighted by molar-refractivity contribution is 0.0949. The SMILES string of the molecule is C/C(=N/NC(=O)c1nn(C(C)C)c(=O)c2ccccc12)c1ccccn1. The molecular formula is C19H19N5O2.